The van der Waals surface area contributed by atoms with Gasteiger partial charge in [-0.25, -0.2) is 0 Å². The second-order valence-electron chi connectivity index (χ2n) is 7.06. The van der Waals surface area contributed by atoms with Gasteiger partial charge in [-0.15, -0.1) is 0 Å². The Morgan fingerprint density at radius 2 is 1.00 bits per heavy atom. The molecule has 0 saturated heterocycles. The van der Waals surface area contributed by atoms with E-state index in [0.717, 1.165) is 0 Å². The summed E-state index contributed by atoms with van der Waals surface area (Å²) < 4.78 is 20.5. The Morgan fingerprint density at radius 3 is 1.31 bits per heavy atom. The fraction of sp³-hybridized carbons (Fsp3) is 0.889. The molecular formula is C18H34O8. The van der Waals surface area contributed by atoms with Gasteiger partial charge in [-0.2, -0.15) is 0 Å². The lowest BCUT2D eigenvalue weighted by atomic mass is 10.2. The Balaban J connectivity index is 3.69. The number of hydrogen-bond acceptors (Lipinski definition) is 8. The van der Waals surface area contributed by atoms with Gasteiger partial charge in [0.25, 0.3) is 0 Å². The molecule has 0 spiro atoms. The molecule has 0 aromatic rings. The van der Waals surface area contributed by atoms with Crippen molar-refractivity contribution in [3.8, 4) is 0 Å². The fourth-order valence-electron chi connectivity index (χ4n) is 1.64. The van der Waals surface area contributed by atoms with Crippen molar-refractivity contribution in [2.45, 2.75) is 46.8 Å². The van der Waals surface area contributed by atoms with E-state index in [9.17, 15) is 19.8 Å². The molecule has 0 aliphatic heterocycles. The maximum atomic E-state index is 11.3. The second-order valence-corrected chi connectivity index (χ2v) is 7.06. The molecule has 0 aliphatic rings. The molecule has 0 fully saturated rings. The molecule has 0 bridgehead atoms. The van der Waals surface area contributed by atoms with Crippen LogP contribution in [0.25, 0.3) is 0 Å². The molecular weight excluding hydrogens is 344 g/mol. The van der Waals surface area contributed by atoms with Gasteiger partial charge >= 0.3 is 11.9 Å². The van der Waals surface area contributed by atoms with Crippen LogP contribution in [0.2, 0.25) is 0 Å². The Bertz CT molecular complexity index is 361. The first-order valence-electron chi connectivity index (χ1n) is 8.98. The molecule has 0 rings (SSSR count). The molecule has 2 atom stereocenters. The zero-order valence-electron chi connectivity index (χ0n) is 16.5. The number of ether oxygens (including phenoxy) is 4. The Kier molecular flexibility index (Phi) is 13.3. The van der Waals surface area contributed by atoms with Crippen LogP contribution in [0.5, 0.6) is 0 Å². The molecule has 154 valence electrons. The van der Waals surface area contributed by atoms with Gasteiger partial charge in [-0.1, -0.05) is 34.6 Å². The molecule has 26 heavy (non-hydrogen) atoms. The number of aliphatic hydroxyl groups is 2. The summed E-state index contributed by atoms with van der Waals surface area (Å²) in [6.07, 6.45) is -1.74. The van der Waals surface area contributed by atoms with Crippen molar-refractivity contribution >= 4 is 11.9 Å². The van der Waals surface area contributed by atoms with Gasteiger partial charge in [0.15, 0.2) is 0 Å². The van der Waals surface area contributed by atoms with Crippen molar-refractivity contribution in [1.82, 2.24) is 0 Å². The van der Waals surface area contributed by atoms with Gasteiger partial charge in [-0.3, -0.25) is 9.59 Å². The quantitative estimate of drug-likeness (QED) is 0.427. The standard InChI is InChI=1S/C18H34O8/c1-12(2)17(21)25-10-15(19)8-23-6-14(5)7-24-9-16(20)11-26-18(22)13(3)4/h12-16,19-20H,6-11H2,1-5H3. The van der Waals surface area contributed by atoms with Crippen molar-refractivity contribution in [2.24, 2.45) is 17.8 Å². The maximum Gasteiger partial charge on any atom is 0.308 e. The predicted octanol–water partition coefficient (Wildman–Crippen LogP) is 0.776. The van der Waals surface area contributed by atoms with E-state index in [1.807, 2.05) is 6.92 Å². The number of carbonyl (C=O) groups is 2. The van der Waals surface area contributed by atoms with Gasteiger partial charge in [0.1, 0.15) is 25.4 Å². The summed E-state index contributed by atoms with van der Waals surface area (Å²) in [7, 11) is 0. The largest absolute Gasteiger partial charge is 0.463 e. The summed E-state index contributed by atoms with van der Waals surface area (Å²) in [4.78, 5) is 22.6. The third-order valence-corrected chi connectivity index (χ3v) is 3.20. The van der Waals surface area contributed by atoms with E-state index in [-0.39, 0.29) is 56.1 Å². The Morgan fingerprint density at radius 1 is 0.654 bits per heavy atom. The highest BCUT2D eigenvalue weighted by Gasteiger charge is 2.14. The highest BCUT2D eigenvalue weighted by Crippen LogP contribution is 2.02. The molecule has 8 heteroatoms. The molecule has 0 aliphatic carbocycles. The molecule has 0 heterocycles. The molecule has 0 amide bonds. The third kappa shape index (κ3) is 13.0. The summed E-state index contributed by atoms with van der Waals surface area (Å²) in [6.45, 7) is 9.42. The van der Waals surface area contributed by atoms with E-state index in [4.69, 9.17) is 18.9 Å². The van der Waals surface area contributed by atoms with Gasteiger partial charge in [0.2, 0.25) is 0 Å². The summed E-state index contributed by atoms with van der Waals surface area (Å²) in [5.41, 5.74) is 0. The zero-order chi connectivity index (χ0) is 20.1. The first kappa shape index (κ1) is 24.8. The first-order chi connectivity index (χ1) is 12.1. The average Bonchev–Trinajstić information content (AvgIpc) is 2.57. The van der Waals surface area contributed by atoms with Crippen LogP contribution in [-0.4, -0.2) is 74.0 Å². The molecule has 2 N–H and O–H groups in total. The van der Waals surface area contributed by atoms with Crippen LogP contribution in [0.4, 0.5) is 0 Å². The fourth-order valence-corrected chi connectivity index (χ4v) is 1.64. The van der Waals surface area contributed by atoms with Crippen LogP contribution in [0, 0.1) is 17.8 Å². The van der Waals surface area contributed by atoms with Crippen molar-refractivity contribution in [2.75, 3.05) is 39.6 Å². The summed E-state index contributed by atoms with van der Waals surface area (Å²) >= 11 is 0. The molecule has 0 aromatic heterocycles. The summed E-state index contributed by atoms with van der Waals surface area (Å²) in [5.74, 6) is -1.13. The molecule has 8 nitrogen and oxygen atoms in total. The van der Waals surface area contributed by atoms with E-state index in [1.165, 1.54) is 0 Å². The van der Waals surface area contributed by atoms with E-state index >= 15 is 0 Å². The molecule has 0 radical (unpaired) electrons. The normalized spacial score (nSPS) is 15.0. The highest BCUT2D eigenvalue weighted by molar-refractivity contribution is 5.71. The lowest BCUT2D eigenvalue weighted by molar-refractivity contribution is -0.151. The van der Waals surface area contributed by atoms with E-state index in [0.29, 0.717) is 13.2 Å². The Labute approximate surface area is 155 Å². The Hall–Kier alpha value is -1.22. The van der Waals surface area contributed by atoms with E-state index in [1.54, 1.807) is 27.7 Å². The number of esters is 2. The number of hydrogen-bond donors (Lipinski definition) is 2. The highest BCUT2D eigenvalue weighted by atomic mass is 16.6. The van der Waals surface area contributed by atoms with E-state index < -0.39 is 12.2 Å². The minimum absolute atomic E-state index is 0.0471. The van der Waals surface area contributed by atoms with Crippen molar-refractivity contribution in [3.05, 3.63) is 0 Å². The predicted molar refractivity (Wildman–Crippen MR) is 94.4 cm³/mol. The minimum atomic E-state index is -0.872. The summed E-state index contributed by atoms with van der Waals surface area (Å²) in [5, 5.41) is 19.4. The van der Waals surface area contributed by atoms with Crippen LogP contribution in [0.15, 0.2) is 0 Å². The first-order valence-corrected chi connectivity index (χ1v) is 8.98. The maximum absolute atomic E-state index is 11.3. The SMILES string of the molecule is CC(COCC(O)COC(=O)C(C)C)COCC(O)COC(=O)C(C)C. The molecule has 0 aromatic carbocycles. The average molecular weight is 378 g/mol. The molecule has 2 unspecified atom stereocenters. The van der Waals surface area contributed by atoms with E-state index in [2.05, 4.69) is 0 Å². The van der Waals surface area contributed by atoms with Gasteiger partial charge in [0, 0.05) is 5.92 Å². The third-order valence-electron chi connectivity index (χ3n) is 3.20. The minimum Gasteiger partial charge on any atom is -0.463 e. The number of rotatable bonds is 14. The van der Waals surface area contributed by atoms with Crippen LogP contribution in [0.3, 0.4) is 0 Å². The van der Waals surface area contributed by atoms with Gasteiger partial charge < -0.3 is 29.2 Å². The van der Waals surface area contributed by atoms with Crippen LogP contribution in [0.1, 0.15) is 34.6 Å². The smallest absolute Gasteiger partial charge is 0.308 e. The zero-order valence-corrected chi connectivity index (χ0v) is 16.5. The monoisotopic (exact) mass is 378 g/mol. The van der Waals surface area contributed by atoms with Gasteiger partial charge in [-0.05, 0) is 0 Å². The summed E-state index contributed by atoms with van der Waals surface area (Å²) in [6, 6.07) is 0. The lowest BCUT2D eigenvalue weighted by Crippen LogP contribution is -2.28. The second kappa shape index (κ2) is 13.9. The van der Waals surface area contributed by atoms with Gasteiger partial charge in [0.05, 0.1) is 38.3 Å². The van der Waals surface area contributed by atoms with Crippen molar-refractivity contribution in [3.63, 3.8) is 0 Å². The molecule has 0 saturated carbocycles. The van der Waals surface area contributed by atoms with Crippen molar-refractivity contribution in [1.29, 1.82) is 0 Å². The van der Waals surface area contributed by atoms with Crippen LogP contribution in [-0.2, 0) is 28.5 Å². The number of aliphatic hydroxyl groups excluding tert-OH is 2. The van der Waals surface area contributed by atoms with Crippen LogP contribution < -0.4 is 0 Å². The van der Waals surface area contributed by atoms with Crippen molar-refractivity contribution < 1.29 is 38.7 Å². The lowest BCUT2D eigenvalue weighted by Gasteiger charge is -2.17. The number of carbonyl (C=O) groups excluding carboxylic acids is 2. The topological polar surface area (TPSA) is 112 Å². The van der Waals surface area contributed by atoms with Crippen LogP contribution >= 0.6 is 0 Å².